The molecular formula is C3H6O6S2. The van der Waals surface area contributed by atoms with Crippen LogP contribution in [0.4, 0.5) is 0 Å². The van der Waals surface area contributed by atoms with Gasteiger partial charge in [-0.15, -0.1) is 0 Å². The first-order chi connectivity index (χ1) is 4.73. The maximum Gasteiger partial charge on any atom is 0.269 e. The molecule has 1 fully saturated rings. The van der Waals surface area contributed by atoms with Crippen LogP contribution in [0.15, 0.2) is 0 Å². The highest BCUT2D eigenvalue weighted by Gasteiger charge is 2.54. The van der Waals surface area contributed by atoms with Crippen LogP contribution in [0.25, 0.3) is 0 Å². The lowest BCUT2D eigenvalue weighted by Gasteiger charge is -1.91. The molecule has 1 saturated carbocycles. The topological polar surface area (TPSA) is 109 Å². The second-order valence-electron chi connectivity index (χ2n) is 2.34. The largest absolute Gasteiger partial charge is 0.285 e. The van der Waals surface area contributed by atoms with Gasteiger partial charge in [-0.3, -0.25) is 9.11 Å². The highest BCUT2D eigenvalue weighted by molar-refractivity contribution is 7.91. The van der Waals surface area contributed by atoms with E-state index >= 15 is 0 Å². The third-order valence-corrected chi connectivity index (χ3v) is 4.19. The quantitative estimate of drug-likeness (QED) is 0.550. The molecule has 0 amide bonds. The monoisotopic (exact) mass is 202 g/mol. The van der Waals surface area contributed by atoms with Gasteiger partial charge in [-0.1, -0.05) is 0 Å². The minimum absolute atomic E-state index is 0.225. The van der Waals surface area contributed by atoms with E-state index in [4.69, 9.17) is 9.11 Å². The van der Waals surface area contributed by atoms with E-state index in [2.05, 4.69) is 0 Å². The van der Waals surface area contributed by atoms with Crippen LogP contribution in [0.2, 0.25) is 0 Å². The maximum atomic E-state index is 10.2. The van der Waals surface area contributed by atoms with Gasteiger partial charge >= 0.3 is 0 Å². The Bertz CT molecular complexity index is 313. The van der Waals surface area contributed by atoms with Crippen LogP contribution in [0.1, 0.15) is 6.42 Å². The van der Waals surface area contributed by atoms with Gasteiger partial charge < -0.3 is 0 Å². The number of rotatable bonds is 2. The van der Waals surface area contributed by atoms with E-state index in [1.165, 1.54) is 0 Å². The molecule has 0 bridgehead atoms. The first-order valence-corrected chi connectivity index (χ1v) is 5.66. The lowest BCUT2D eigenvalue weighted by molar-refractivity contribution is 0.471. The van der Waals surface area contributed by atoms with Crippen molar-refractivity contribution in [1.82, 2.24) is 0 Å². The van der Waals surface area contributed by atoms with Crippen molar-refractivity contribution < 1.29 is 25.9 Å². The number of hydrogen-bond donors (Lipinski definition) is 2. The van der Waals surface area contributed by atoms with E-state index in [0.717, 1.165) is 0 Å². The molecule has 1 aliphatic rings. The Kier molecular flexibility index (Phi) is 1.75. The summed E-state index contributed by atoms with van der Waals surface area (Å²) in [5.74, 6) is 0. The Morgan fingerprint density at radius 3 is 1.27 bits per heavy atom. The average Bonchev–Trinajstić information content (AvgIpc) is 2.30. The standard InChI is InChI=1S/C3H6O6S2/c4-10(5,6)2-1-3(2)11(7,8)9/h2-3H,1H2,(H,4,5,6)(H,7,8,9). The van der Waals surface area contributed by atoms with Gasteiger partial charge in [0.15, 0.2) is 0 Å². The van der Waals surface area contributed by atoms with Crippen LogP contribution in [-0.2, 0) is 20.2 Å². The highest BCUT2D eigenvalue weighted by Crippen LogP contribution is 2.34. The van der Waals surface area contributed by atoms with Crippen molar-refractivity contribution >= 4 is 20.2 Å². The van der Waals surface area contributed by atoms with Crippen molar-refractivity contribution in [3.05, 3.63) is 0 Å². The first-order valence-electron chi connectivity index (χ1n) is 2.65. The molecule has 0 aromatic heterocycles. The fourth-order valence-corrected chi connectivity index (χ4v) is 3.41. The van der Waals surface area contributed by atoms with Crippen molar-refractivity contribution in [2.24, 2.45) is 0 Å². The third kappa shape index (κ3) is 1.89. The molecule has 11 heavy (non-hydrogen) atoms. The van der Waals surface area contributed by atoms with Crippen molar-refractivity contribution in [2.45, 2.75) is 16.9 Å². The van der Waals surface area contributed by atoms with E-state index in [0.29, 0.717) is 0 Å². The average molecular weight is 202 g/mol. The molecule has 0 spiro atoms. The smallest absolute Gasteiger partial charge is 0.269 e. The normalized spacial score (nSPS) is 31.8. The SMILES string of the molecule is O=S(=O)(O)C1CC1S(=O)(=O)O. The summed E-state index contributed by atoms with van der Waals surface area (Å²) in [6, 6.07) is 0. The van der Waals surface area contributed by atoms with Crippen LogP contribution in [0.5, 0.6) is 0 Å². The van der Waals surface area contributed by atoms with E-state index in [1.807, 2.05) is 0 Å². The summed E-state index contributed by atoms with van der Waals surface area (Å²) in [7, 11) is -8.60. The molecule has 0 radical (unpaired) electrons. The van der Waals surface area contributed by atoms with E-state index in [1.54, 1.807) is 0 Å². The Balaban J connectivity index is 2.81. The van der Waals surface area contributed by atoms with E-state index in [-0.39, 0.29) is 6.42 Å². The Morgan fingerprint density at radius 2 is 1.18 bits per heavy atom. The van der Waals surface area contributed by atoms with Crippen molar-refractivity contribution in [1.29, 1.82) is 0 Å². The van der Waals surface area contributed by atoms with Crippen molar-refractivity contribution in [3.8, 4) is 0 Å². The van der Waals surface area contributed by atoms with Crippen LogP contribution in [0, 0.1) is 0 Å². The molecule has 1 rings (SSSR count). The molecule has 66 valence electrons. The lowest BCUT2D eigenvalue weighted by Crippen LogP contribution is -2.15. The summed E-state index contributed by atoms with van der Waals surface area (Å²) in [5.41, 5.74) is 0. The fraction of sp³-hybridized carbons (Fsp3) is 1.00. The second-order valence-corrected chi connectivity index (χ2v) is 5.61. The van der Waals surface area contributed by atoms with Gasteiger partial charge in [0.25, 0.3) is 20.2 Å². The molecule has 6 nitrogen and oxygen atoms in total. The molecule has 8 heteroatoms. The lowest BCUT2D eigenvalue weighted by atomic mass is 11.0. The van der Waals surface area contributed by atoms with Gasteiger partial charge in [0.05, 0.1) is 0 Å². The molecule has 0 heterocycles. The van der Waals surface area contributed by atoms with Gasteiger partial charge in [0.1, 0.15) is 10.5 Å². The van der Waals surface area contributed by atoms with Crippen molar-refractivity contribution in [3.63, 3.8) is 0 Å². The number of hydrogen-bond acceptors (Lipinski definition) is 4. The molecule has 0 aromatic carbocycles. The predicted octanol–water partition coefficient (Wildman–Crippen LogP) is -1.10. The maximum absolute atomic E-state index is 10.2. The third-order valence-electron chi connectivity index (χ3n) is 1.44. The molecule has 2 N–H and O–H groups in total. The van der Waals surface area contributed by atoms with Gasteiger partial charge in [-0.05, 0) is 6.42 Å². The molecule has 0 aliphatic heterocycles. The molecule has 2 unspecified atom stereocenters. The molecule has 2 atom stereocenters. The summed E-state index contributed by atoms with van der Waals surface area (Å²) >= 11 is 0. The van der Waals surface area contributed by atoms with E-state index in [9.17, 15) is 16.8 Å². The van der Waals surface area contributed by atoms with Gasteiger partial charge in [0.2, 0.25) is 0 Å². The zero-order valence-electron chi connectivity index (χ0n) is 5.21. The molecule has 0 aromatic rings. The van der Waals surface area contributed by atoms with E-state index < -0.39 is 30.7 Å². The summed E-state index contributed by atoms with van der Waals surface area (Å²) < 4.78 is 57.5. The minimum Gasteiger partial charge on any atom is -0.285 e. The zero-order chi connectivity index (χ0) is 8.86. The summed E-state index contributed by atoms with van der Waals surface area (Å²) in [4.78, 5) is 0. The summed E-state index contributed by atoms with van der Waals surface area (Å²) in [6.45, 7) is 0. The molecular weight excluding hydrogens is 196 g/mol. The van der Waals surface area contributed by atoms with Gasteiger partial charge in [-0.2, -0.15) is 16.8 Å². The first kappa shape index (κ1) is 8.91. The summed E-state index contributed by atoms with van der Waals surface area (Å²) in [5, 5.41) is -2.67. The van der Waals surface area contributed by atoms with Gasteiger partial charge in [0, 0.05) is 0 Å². The predicted molar refractivity (Wildman–Crippen MR) is 35.3 cm³/mol. The van der Waals surface area contributed by atoms with Crippen molar-refractivity contribution in [2.75, 3.05) is 0 Å². The highest BCUT2D eigenvalue weighted by atomic mass is 32.2. The zero-order valence-corrected chi connectivity index (χ0v) is 6.84. The fourth-order valence-electron chi connectivity index (χ4n) is 0.777. The Hall–Kier alpha value is -0.180. The van der Waals surface area contributed by atoms with Crippen LogP contribution in [-0.4, -0.2) is 36.4 Å². The molecule has 1 aliphatic carbocycles. The van der Waals surface area contributed by atoms with Gasteiger partial charge in [-0.25, -0.2) is 0 Å². The Morgan fingerprint density at radius 1 is 0.909 bits per heavy atom. The van der Waals surface area contributed by atoms with Crippen LogP contribution < -0.4 is 0 Å². The second kappa shape index (κ2) is 2.16. The minimum atomic E-state index is -4.30. The Labute approximate surface area is 63.7 Å². The van der Waals surface area contributed by atoms with Crippen LogP contribution >= 0.6 is 0 Å². The van der Waals surface area contributed by atoms with Crippen LogP contribution in [0.3, 0.4) is 0 Å². The molecule has 0 saturated heterocycles. The summed E-state index contributed by atoms with van der Waals surface area (Å²) in [6.07, 6.45) is -0.225.